The second-order valence-corrected chi connectivity index (χ2v) is 7.20. The highest BCUT2D eigenvalue weighted by Gasteiger charge is 2.19. The first kappa shape index (κ1) is 15.7. The number of aryl methyl sites for hydroxylation is 2. The Morgan fingerprint density at radius 1 is 1.43 bits per heavy atom. The fourth-order valence-electron chi connectivity index (χ4n) is 2.16. The van der Waals surface area contributed by atoms with Gasteiger partial charge in [0, 0.05) is 17.5 Å². The summed E-state index contributed by atoms with van der Waals surface area (Å²) in [5.74, 6) is -0.155. The molecule has 2 aromatic rings. The number of carbonyl (C=O) groups is 1. The van der Waals surface area contributed by atoms with Gasteiger partial charge in [0.2, 0.25) is 5.91 Å². The predicted molar refractivity (Wildman–Crippen MR) is 86.2 cm³/mol. The Labute approximate surface area is 128 Å². The third kappa shape index (κ3) is 3.32. The van der Waals surface area contributed by atoms with E-state index < -0.39 is 0 Å². The van der Waals surface area contributed by atoms with Crippen LogP contribution in [0, 0.1) is 12.3 Å². The summed E-state index contributed by atoms with van der Waals surface area (Å²) >= 11 is 1.44. The minimum atomic E-state index is -0.196. The van der Waals surface area contributed by atoms with E-state index in [0.29, 0.717) is 17.1 Å². The van der Waals surface area contributed by atoms with Gasteiger partial charge >= 0.3 is 0 Å². The van der Waals surface area contributed by atoms with Crippen molar-refractivity contribution in [3.05, 3.63) is 27.1 Å². The number of thiazole rings is 1. The molecular formula is C15H21N3O2S. The van der Waals surface area contributed by atoms with Gasteiger partial charge in [0.05, 0.1) is 5.69 Å². The standard InChI is InChI=1S/C15H21N3O2S/c1-6-10-8-21-14-16-9(2)12(13(20)18(10)14)17-11(19)7-15(3,4)5/h8H,6-7H2,1-5H3,(H,17,19). The predicted octanol–water partition coefficient (Wildman–Crippen LogP) is 3.00. The Hall–Kier alpha value is -1.69. The zero-order valence-corrected chi connectivity index (χ0v) is 13.9. The molecule has 114 valence electrons. The summed E-state index contributed by atoms with van der Waals surface area (Å²) in [6.45, 7) is 9.70. The molecule has 1 N–H and O–H groups in total. The molecule has 0 atom stereocenters. The van der Waals surface area contributed by atoms with E-state index in [2.05, 4.69) is 10.3 Å². The van der Waals surface area contributed by atoms with E-state index in [-0.39, 0.29) is 22.6 Å². The Morgan fingerprint density at radius 2 is 2.10 bits per heavy atom. The van der Waals surface area contributed by atoms with Crippen molar-refractivity contribution >= 4 is 27.9 Å². The van der Waals surface area contributed by atoms with Gasteiger partial charge in [-0.05, 0) is 18.8 Å². The molecule has 5 nitrogen and oxygen atoms in total. The lowest BCUT2D eigenvalue weighted by atomic mass is 9.92. The molecule has 0 unspecified atom stereocenters. The fraction of sp³-hybridized carbons (Fsp3) is 0.533. The van der Waals surface area contributed by atoms with Crippen LogP contribution in [-0.4, -0.2) is 15.3 Å². The summed E-state index contributed by atoms with van der Waals surface area (Å²) in [7, 11) is 0. The van der Waals surface area contributed by atoms with Crippen LogP contribution in [0.1, 0.15) is 45.5 Å². The number of carbonyl (C=O) groups excluding carboxylic acids is 1. The van der Waals surface area contributed by atoms with Crippen LogP contribution in [0.2, 0.25) is 0 Å². The van der Waals surface area contributed by atoms with Crippen molar-refractivity contribution in [2.45, 2.75) is 47.5 Å². The fourth-order valence-corrected chi connectivity index (χ4v) is 3.17. The first-order valence-electron chi connectivity index (χ1n) is 7.02. The van der Waals surface area contributed by atoms with Gasteiger partial charge in [-0.1, -0.05) is 27.7 Å². The smallest absolute Gasteiger partial charge is 0.282 e. The lowest BCUT2D eigenvalue weighted by Gasteiger charge is -2.17. The normalized spacial score (nSPS) is 11.9. The molecular weight excluding hydrogens is 286 g/mol. The van der Waals surface area contributed by atoms with Crippen molar-refractivity contribution in [3.63, 3.8) is 0 Å². The minimum Gasteiger partial charge on any atom is -0.320 e. The van der Waals surface area contributed by atoms with Gasteiger partial charge in [-0.2, -0.15) is 0 Å². The van der Waals surface area contributed by atoms with E-state index in [0.717, 1.165) is 12.1 Å². The van der Waals surface area contributed by atoms with Gasteiger partial charge in [0.25, 0.3) is 5.56 Å². The number of hydrogen-bond donors (Lipinski definition) is 1. The van der Waals surface area contributed by atoms with Crippen LogP contribution in [0.25, 0.3) is 4.96 Å². The number of rotatable bonds is 3. The topological polar surface area (TPSA) is 63.5 Å². The molecule has 0 aliphatic heterocycles. The van der Waals surface area contributed by atoms with Crippen LogP contribution in [0.4, 0.5) is 5.69 Å². The summed E-state index contributed by atoms with van der Waals surface area (Å²) in [4.78, 5) is 29.8. The third-order valence-electron chi connectivity index (χ3n) is 3.14. The molecule has 0 saturated carbocycles. The lowest BCUT2D eigenvalue weighted by molar-refractivity contribution is -0.117. The van der Waals surface area contributed by atoms with Crippen molar-refractivity contribution in [1.82, 2.24) is 9.38 Å². The molecule has 1 amide bonds. The van der Waals surface area contributed by atoms with Crippen molar-refractivity contribution in [2.24, 2.45) is 5.41 Å². The molecule has 0 spiro atoms. The molecule has 0 aromatic carbocycles. The van der Waals surface area contributed by atoms with E-state index in [4.69, 9.17) is 0 Å². The summed E-state index contributed by atoms with van der Waals surface area (Å²) in [6.07, 6.45) is 1.11. The van der Waals surface area contributed by atoms with Gasteiger partial charge in [-0.25, -0.2) is 4.98 Å². The van der Waals surface area contributed by atoms with E-state index >= 15 is 0 Å². The monoisotopic (exact) mass is 307 g/mol. The number of aromatic nitrogens is 2. The van der Waals surface area contributed by atoms with E-state index in [1.807, 2.05) is 33.1 Å². The van der Waals surface area contributed by atoms with Gasteiger partial charge in [-0.3, -0.25) is 14.0 Å². The van der Waals surface area contributed by atoms with Crippen molar-refractivity contribution < 1.29 is 4.79 Å². The Balaban J connectivity index is 2.44. The molecule has 0 bridgehead atoms. The largest absolute Gasteiger partial charge is 0.320 e. The molecule has 2 rings (SSSR count). The van der Waals surface area contributed by atoms with Crippen LogP contribution in [0.3, 0.4) is 0 Å². The van der Waals surface area contributed by atoms with Gasteiger partial charge in [-0.15, -0.1) is 11.3 Å². The zero-order chi connectivity index (χ0) is 15.8. The highest BCUT2D eigenvalue weighted by Crippen LogP contribution is 2.20. The number of fused-ring (bicyclic) bond motifs is 1. The minimum absolute atomic E-state index is 0.122. The van der Waals surface area contributed by atoms with Gasteiger partial charge < -0.3 is 5.32 Å². The highest BCUT2D eigenvalue weighted by atomic mass is 32.1. The maximum absolute atomic E-state index is 12.6. The highest BCUT2D eigenvalue weighted by molar-refractivity contribution is 7.15. The van der Waals surface area contributed by atoms with Crippen LogP contribution in [0.15, 0.2) is 10.2 Å². The molecule has 0 fully saturated rings. The summed E-state index contributed by atoms with van der Waals surface area (Å²) in [5.41, 5.74) is 1.45. The second-order valence-electron chi connectivity index (χ2n) is 6.36. The molecule has 0 saturated heterocycles. The number of nitrogens with zero attached hydrogens (tertiary/aromatic N) is 2. The zero-order valence-electron chi connectivity index (χ0n) is 13.1. The molecule has 0 aliphatic rings. The SMILES string of the molecule is CCc1csc2nc(C)c(NC(=O)CC(C)(C)C)c(=O)n12. The average Bonchev–Trinajstić information content (AvgIpc) is 2.75. The maximum Gasteiger partial charge on any atom is 0.282 e. The Morgan fingerprint density at radius 3 is 2.67 bits per heavy atom. The summed E-state index contributed by atoms with van der Waals surface area (Å²) < 4.78 is 1.59. The first-order chi connectivity index (χ1) is 9.73. The second kappa shape index (κ2) is 5.60. The van der Waals surface area contributed by atoms with Gasteiger partial charge in [0.15, 0.2) is 4.96 Å². The summed E-state index contributed by atoms with van der Waals surface area (Å²) in [5, 5.41) is 4.67. The van der Waals surface area contributed by atoms with Crippen molar-refractivity contribution in [2.75, 3.05) is 5.32 Å². The Kier molecular flexibility index (Phi) is 4.18. The van der Waals surface area contributed by atoms with E-state index in [1.54, 1.807) is 11.3 Å². The number of anilines is 1. The molecule has 0 radical (unpaired) electrons. The van der Waals surface area contributed by atoms with Crippen LogP contribution in [-0.2, 0) is 11.2 Å². The third-order valence-corrected chi connectivity index (χ3v) is 4.01. The van der Waals surface area contributed by atoms with Crippen molar-refractivity contribution in [3.8, 4) is 0 Å². The molecule has 0 aliphatic carbocycles. The van der Waals surface area contributed by atoms with E-state index in [1.165, 1.54) is 11.3 Å². The molecule has 6 heteroatoms. The maximum atomic E-state index is 12.6. The van der Waals surface area contributed by atoms with Gasteiger partial charge in [0.1, 0.15) is 5.69 Å². The number of hydrogen-bond acceptors (Lipinski definition) is 4. The number of nitrogens with one attached hydrogen (secondary N) is 1. The average molecular weight is 307 g/mol. The van der Waals surface area contributed by atoms with Crippen molar-refractivity contribution in [1.29, 1.82) is 0 Å². The van der Waals surface area contributed by atoms with Crippen LogP contribution in [0.5, 0.6) is 0 Å². The summed E-state index contributed by atoms with van der Waals surface area (Å²) in [6, 6.07) is 0. The molecule has 21 heavy (non-hydrogen) atoms. The lowest BCUT2D eigenvalue weighted by Crippen LogP contribution is -2.27. The molecule has 2 heterocycles. The van der Waals surface area contributed by atoms with Crippen LogP contribution < -0.4 is 10.9 Å². The first-order valence-corrected chi connectivity index (χ1v) is 7.90. The van der Waals surface area contributed by atoms with Crippen LogP contribution >= 0.6 is 11.3 Å². The Bertz CT molecular complexity index is 738. The molecule has 2 aromatic heterocycles. The quantitative estimate of drug-likeness (QED) is 0.948. The number of amides is 1. The van der Waals surface area contributed by atoms with E-state index in [9.17, 15) is 9.59 Å².